The highest BCUT2D eigenvalue weighted by molar-refractivity contribution is 9.10. The molecule has 2 heterocycles. The van der Waals surface area contributed by atoms with E-state index in [1.165, 1.54) is 10.4 Å². The van der Waals surface area contributed by atoms with Crippen molar-refractivity contribution in [3.05, 3.63) is 61.5 Å². The first kappa shape index (κ1) is 13.9. The van der Waals surface area contributed by atoms with Crippen molar-refractivity contribution in [2.75, 3.05) is 0 Å². The van der Waals surface area contributed by atoms with Gasteiger partial charge in [0, 0.05) is 38.8 Å². The first-order valence-electron chi connectivity index (χ1n) is 6.25. The molecule has 0 aliphatic heterocycles. The van der Waals surface area contributed by atoms with E-state index in [0.29, 0.717) is 0 Å². The molecule has 5 heteroatoms. The van der Waals surface area contributed by atoms with Crippen molar-refractivity contribution in [2.24, 2.45) is 0 Å². The predicted octanol–water partition coefficient (Wildman–Crippen LogP) is 4.92. The first-order valence-corrected chi connectivity index (χ1v) is 8.80. The monoisotopic (exact) mass is 364 g/mol. The number of aromatic nitrogens is 1. The molecule has 0 aliphatic rings. The average molecular weight is 365 g/mol. The van der Waals surface area contributed by atoms with Crippen LogP contribution < -0.4 is 5.32 Å². The maximum Gasteiger partial charge on any atom is 0.107 e. The number of nitrogens with zero attached hydrogens (tertiary/aromatic N) is 1. The van der Waals surface area contributed by atoms with Crippen molar-refractivity contribution in [2.45, 2.75) is 13.1 Å². The largest absolute Gasteiger partial charge is 0.306 e. The van der Waals surface area contributed by atoms with Gasteiger partial charge in [-0.2, -0.15) is 0 Å². The lowest BCUT2D eigenvalue weighted by atomic mass is 10.2. The number of rotatable bonds is 5. The minimum Gasteiger partial charge on any atom is -0.306 e. The summed E-state index contributed by atoms with van der Waals surface area (Å²) in [7, 11) is 0. The smallest absolute Gasteiger partial charge is 0.107 e. The summed E-state index contributed by atoms with van der Waals surface area (Å²) in [6.07, 6.45) is 0. The molecular formula is C15H13BrN2S2. The Morgan fingerprint density at radius 2 is 1.90 bits per heavy atom. The second kappa shape index (κ2) is 6.63. The van der Waals surface area contributed by atoms with Crippen molar-refractivity contribution in [3.8, 4) is 11.3 Å². The van der Waals surface area contributed by atoms with E-state index in [-0.39, 0.29) is 0 Å². The Labute approximate surface area is 134 Å². The van der Waals surface area contributed by atoms with Gasteiger partial charge in [-0.3, -0.25) is 0 Å². The molecule has 1 aromatic carbocycles. The summed E-state index contributed by atoms with van der Waals surface area (Å²) in [5.41, 5.74) is 2.24. The fourth-order valence-corrected chi connectivity index (χ4v) is 4.07. The minimum atomic E-state index is 0.813. The van der Waals surface area contributed by atoms with Gasteiger partial charge in [-0.05, 0) is 22.0 Å². The van der Waals surface area contributed by atoms with Crippen LogP contribution in [0.3, 0.4) is 0 Å². The summed E-state index contributed by atoms with van der Waals surface area (Å²) in [6, 6.07) is 12.4. The molecule has 3 aromatic rings. The highest BCUT2D eigenvalue weighted by Gasteiger charge is 2.04. The average Bonchev–Trinajstić information content (AvgIpc) is 3.09. The van der Waals surface area contributed by atoms with Crippen molar-refractivity contribution < 1.29 is 0 Å². The molecule has 0 amide bonds. The summed E-state index contributed by atoms with van der Waals surface area (Å²) in [5, 5.41) is 8.78. The third-order valence-electron chi connectivity index (χ3n) is 2.82. The van der Waals surface area contributed by atoms with E-state index in [1.807, 2.05) is 18.2 Å². The van der Waals surface area contributed by atoms with Gasteiger partial charge in [-0.1, -0.05) is 30.3 Å². The molecule has 3 rings (SSSR count). The number of benzene rings is 1. The lowest BCUT2D eigenvalue weighted by Crippen LogP contribution is -2.11. The molecule has 0 spiro atoms. The van der Waals surface area contributed by atoms with Crippen molar-refractivity contribution in [1.82, 2.24) is 10.3 Å². The van der Waals surface area contributed by atoms with E-state index in [1.54, 1.807) is 22.7 Å². The molecule has 0 radical (unpaired) electrons. The van der Waals surface area contributed by atoms with E-state index >= 15 is 0 Å². The molecular weight excluding hydrogens is 352 g/mol. The second-order valence-electron chi connectivity index (χ2n) is 4.33. The summed E-state index contributed by atoms with van der Waals surface area (Å²) >= 11 is 6.94. The number of hydrogen-bond acceptors (Lipinski definition) is 4. The number of halogens is 1. The van der Waals surface area contributed by atoms with Gasteiger partial charge in [-0.25, -0.2) is 4.98 Å². The Hall–Kier alpha value is -1.01. The summed E-state index contributed by atoms with van der Waals surface area (Å²) < 4.78 is 1.15. The summed E-state index contributed by atoms with van der Waals surface area (Å²) in [4.78, 5) is 6.00. The van der Waals surface area contributed by atoms with E-state index in [4.69, 9.17) is 0 Å². The normalized spacial score (nSPS) is 10.8. The van der Waals surface area contributed by atoms with Gasteiger partial charge in [-0.15, -0.1) is 22.7 Å². The number of hydrogen-bond donors (Lipinski definition) is 1. The van der Waals surface area contributed by atoms with E-state index in [9.17, 15) is 0 Å². The molecule has 0 atom stereocenters. The van der Waals surface area contributed by atoms with Crippen molar-refractivity contribution in [3.63, 3.8) is 0 Å². The molecule has 0 unspecified atom stereocenters. The molecule has 2 aromatic heterocycles. The van der Waals surface area contributed by atoms with E-state index in [2.05, 4.69) is 55.2 Å². The zero-order chi connectivity index (χ0) is 13.8. The molecule has 0 saturated carbocycles. The second-order valence-corrected chi connectivity index (χ2v) is 7.18. The van der Waals surface area contributed by atoms with Gasteiger partial charge >= 0.3 is 0 Å². The topological polar surface area (TPSA) is 24.9 Å². The van der Waals surface area contributed by atoms with Gasteiger partial charge in [0.25, 0.3) is 0 Å². The molecule has 2 nitrogen and oxygen atoms in total. The zero-order valence-electron chi connectivity index (χ0n) is 10.7. The van der Waals surface area contributed by atoms with Crippen LogP contribution in [-0.2, 0) is 13.1 Å². The lowest BCUT2D eigenvalue weighted by Gasteiger charge is -1.99. The van der Waals surface area contributed by atoms with Crippen LogP contribution in [0.1, 0.15) is 9.88 Å². The Kier molecular flexibility index (Phi) is 4.62. The fourth-order valence-electron chi connectivity index (χ4n) is 1.87. The predicted molar refractivity (Wildman–Crippen MR) is 90.1 cm³/mol. The van der Waals surface area contributed by atoms with Crippen LogP contribution >= 0.6 is 38.6 Å². The minimum absolute atomic E-state index is 0.813. The summed E-state index contributed by atoms with van der Waals surface area (Å²) in [5.74, 6) is 0. The standard InChI is InChI=1S/C15H13BrN2S2/c16-12-6-13(19-9-12)7-17-8-15-18-14(10-20-15)11-4-2-1-3-5-11/h1-6,9-10,17H,7-8H2. The molecule has 0 fully saturated rings. The van der Waals surface area contributed by atoms with Crippen LogP contribution in [0.25, 0.3) is 11.3 Å². The van der Waals surface area contributed by atoms with Gasteiger partial charge < -0.3 is 5.32 Å². The Balaban J connectivity index is 1.58. The van der Waals surface area contributed by atoms with Crippen LogP contribution in [-0.4, -0.2) is 4.98 Å². The van der Waals surface area contributed by atoms with Gasteiger partial charge in [0.1, 0.15) is 5.01 Å². The Morgan fingerprint density at radius 1 is 1.05 bits per heavy atom. The highest BCUT2D eigenvalue weighted by Crippen LogP contribution is 2.22. The SMILES string of the molecule is Brc1csc(CNCc2nc(-c3ccccc3)cs2)c1. The van der Waals surface area contributed by atoms with Crippen molar-refractivity contribution >= 4 is 38.6 Å². The molecule has 1 N–H and O–H groups in total. The molecule has 20 heavy (non-hydrogen) atoms. The molecule has 0 saturated heterocycles. The van der Waals surface area contributed by atoms with Gasteiger partial charge in [0.15, 0.2) is 0 Å². The third-order valence-corrected chi connectivity index (χ3v) is 5.36. The van der Waals surface area contributed by atoms with Crippen LogP contribution in [0.2, 0.25) is 0 Å². The van der Waals surface area contributed by atoms with Crippen LogP contribution in [0.4, 0.5) is 0 Å². The maximum atomic E-state index is 4.67. The van der Waals surface area contributed by atoms with E-state index in [0.717, 1.165) is 28.3 Å². The number of thiazole rings is 1. The fraction of sp³-hybridized carbons (Fsp3) is 0.133. The number of nitrogens with one attached hydrogen (secondary N) is 1. The van der Waals surface area contributed by atoms with Gasteiger partial charge in [0.2, 0.25) is 0 Å². The lowest BCUT2D eigenvalue weighted by molar-refractivity contribution is 0.697. The third kappa shape index (κ3) is 3.55. The van der Waals surface area contributed by atoms with Crippen molar-refractivity contribution in [1.29, 1.82) is 0 Å². The van der Waals surface area contributed by atoms with Crippen LogP contribution in [0.15, 0.2) is 51.6 Å². The van der Waals surface area contributed by atoms with E-state index < -0.39 is 0 Å². The zero-order valence-corrected chi connectivity index (χ0v) is 13.9. The van der Waals surface area contributed by atoms with Gasteiger partial charge in [0.05, 0.1) is 5.69 Å². The van der Waals surface area contributed by atoms with Crippen LogP contribution in [0.5, 0.6) is 0 Å². The molecule has 0 aliphatic carbocycles. The maximum absolute atomic E-state index is 4.67. The Morgan fingerprint density at radius 3 is 2.65 bits per heavy atom. The van der Waals surface area contributed by atoms with Crippen LogP contribution in [0, 0.1) is 0 Å². The summed E-state index contributed by atoms with van der Waals surface area (Å²) in [6.45, 7) is 1.70. The number of thiophene rings is 1. The highest BCUT2D eigenvalue weighted by atomic mass is 79.9. The first-order chi connectivity index (χ1) is 9.81. The molecule has 102 valence electrons. The Bertz CT molecular complexity index is 676. The quantitative estimate of drug-likeness (QED) is 0.694. The molecule has 0 bridgehead atoms.